The molecule has 44 heavy (non-hydrogen) atoms. The van der Waals surface area contributed by atoms with E-state index >= 15 is 0 Å². The van der Waals surface area contributed by atoms with Gasteiger partial charge in [-0.2, -0.15) is 24.9 Å². The number of nitro groups is 1. The molecule has 3 aliphatic rings. The Morgan fingerprint density at radius 2 is 1.80 bits per heavy atom. The van der Waals surface area contributed by atoms with Crippen LogP contribution in [0, 0.1) is 10.1 Å². The number of amides is 3. The van der Waals surface area contributed by atoms with Gasteiger partial charge in [-0.05, 0) is 18.9 Å². The molecule has 0 radical (unpaired) electrons. The molecule has 0 bridgehead atoms. The number of nitrogens with zero attached hydrogens (tertiary/aromatic N) is 3. The number of benzene rings is 1. The van der Waals surface area contributed by atoms with Gasteiger partial charge in [0.2, 0.25) is 5.91 Å². The Hall–Kier alpha value is -3.22. The van der Waals surface area contributed by atoms with E-state index in [1.165, 1.54) is 0 Å². The third kappa shape index (κ3) is 9.39. The van der Waals surface area contributed by atoms with Crippen molar-refractivity contribution in [2.45, 2.75) is 54.9 Å². The summed E-state index contributed by atoms with van der Waals surface area (Å²) in [5.74, 6) is 0.825. The fraction of sp³-hybridized carbons (Fsp3) is 0.692. The predicted molar refractivity (Wildman–Crippen MR) is 153 cm³/mol. The van der Waals surface area contributed by atoms with Crippen molar-refractivity contribution in [3.63, 3.8) is 0 Å². The first-order chi connectivity index (χ1) is 21.1. The number of carbonyl (C=O) groups is 2. The number of nitro benzene ring substituents is 1. The number of halogens is 3. The largest absolute Gasteiger partial charge is 0.492 e. The van der Waals surface area contributed by atoms with Crippen LogP contribution >= 0.6 is 11.8 Å². The second-order valence-electron chi connectivity index (χ2n) is 10.4. The molecule has 0 spiro atoms. The minimum atomic E-state index is -4.81. The van der Waals surface area contributed by atoms with Gasteiger partial charge in [0, 0.05) is 48.7 Å². The molecule has 2 saturated heterocycles. The summed E-state index contributed by atoms with van der Waals surface area (Å²) < 4.78 is 56.2. The van der Waals surface area contributed by atoms with Crippen LogP contribution in [0.4, 0.5) is 23.7 Å². The number of thioether (sulfide) groups is 1. The molecule has 3 aliphatic heterocycles. The summed E-state index contributed by atoms with van der Waals surface area (Å²) in [4.78, 5) is 33.8. The van der Waals surface area contributed by atoms with Crippen molar-refractivity contribution in [2.24, 2.45) is 10.2 Å². The standard InChI is InChI=1S/C26H36F3N7O7S/c27-26(28,29)25(34-35-25)17-13-18(36(39)40)15-19(14-17)43-10-6-30-5-8-41-11-12-42-9-7-31-22(37)4-2-1-3-21-23-20(16-44-21)32-24(38)33-23/h13-15,20-21,23,30H,1-12,16H2,(H,31,37)(H2,32,33,38)/t20-,21-,23-/m0/s1. The molecule has 18 heteroatoms. The van der Waals surface area contributed by atoms with Crippen LogP contribution in [0.2, 0.25) is 0 Å². The van der Waals surface area contributed by atoms with Crippen LogP contribution in [-0.2, 0) is 19.9 Å². The molecule has 3 atom stereocenters. The number of carbonyl (C=O) groups excluding carboxylic acids is 2. The maximum Gasteiger partial charge on any atom is 0.442 e. The Balaban J connectivity index is 0.952. The van der Waals surface area contributed by atoms with Gasteiger partial charge in [0.25, 0.3) is 5.69 Å². The minimum absolute atomic E-state index is 0.0159. The Kier molecular flexibility index (Phi) is 12.0. The van der Waals surface area contributed by atoms with E-state index in [2.05, 4.69) is 31.5 Å². The molecule has 0 unspecified atom stereocenters. The van der Waals surface area contributed by atoms with Crippen molar-refractivity contribution >= 4 is 29.4 Å². The van der Waals surface area contributed by atoms with Gasteiger partial charge in [-0.15, -0.1) is 10.2 Å². The number of urea groups is 1. The highest BCUT2D eigenvalue weighted by molar-refractivity contribution is 8.00. The lowest BCUT2D eigenvalue weighted by Crippen LogP contribution is -2.36. The van der Waals surface area contributed by atoms with E-state index in [0.717, 1.165) is 43.2 Å². The number of fused-ring (bicyclic) bond motifs is 1. The zero-order valence-corrected chi connectivity index (χ0v) is 24.7. The first-order valence-electron chi connectivity index (χ1n) is 14.3. The lowest BCUT2D eigenvalue weighted by molar-refractivity contribution is -0.385. The third-order valence-corrected chi connectivity index (χ3v) is 8.70. The number of hydrogen-bond acceptors (Lipinski definition) is 11. The quantitative estimate of drug-likeness (QED) is 0.0717. The number of rotatable bonds is 20. The fourth-order valence-electron chi connectivity index (χ4n) is 4.87. The fourth-order valence-corrected chi connectivity index (χ4v) is 6.42. The van der Waals surface area contributed by atoms with Gasteiger partial charge in [0.1, 0.15) is 12.4 Å². The Bertz CT molecular complexity index is 1190. The molecule has 3 amide bonds. The van der Waals surface area contributed by atoms with E-state index in [0.29, 0.717) is 57.7 Å². The molecule has 0 saturated carbocycles. The summed E-state index contributed by atoms with van der Waals surface area (Å²) in [5.41, 5.74) is -3.80. The smallest absolute Gasteiger partial charge is 0.442 e. The van der Waals surface area contributed by atoms with Gasteiger partial charge in [-0.3, -0.25) is 14.9 Å². The average Bonchev–Trinajstić information content (AvgIpc) is 3.62. The van der Waals surface area contributed by atoms with Crippen molar-refractivity contribution in [1.82, 2.24) is 21.3 Å². The summed E-state index contributed by atoms with van der Waals surface area (Å²) in [5, 5.41) is 29.5. The van der Waals surface area contributed by atoms with Gasteiger partial charge in [-0.25, -0.2) is 4.79 Å². The Morgan fingerprint density at radius 1 is 1.07 bits per heavy atom. The normalized spacial score (nSPS) is 21.4. The van der Waals surface area contributed by atoms with Crippen molar-refractivity contribution in [2.75, 3.05) is 58.4 Å². The lowest BCUT2D eigenvalue weighted by atomic mass is 10.0. The number of alkyl halides is 3. The summed E-state index contributed by atoms with van der Waals surface area (Å²) in [7, 11) is 0. The van der Waals surface area contributed by atoms with Gasteiger partial charge in [0.05, 0.1) is 49.5 Å². The molecular weight excluding hydrogens is 611 g/mol. The van der Waals surface area contributed by atoms with Crippen molar-refractivity contribution in [1.29, 1.82) is 0 Å². The molecule has 14 nitrogen and oxygen atoms in total. The summed E-state index contributed by atoms with van der Waals surface area (Å²) in [6.07, 6.45) is -1.66. The SMILES string of the molecule is O=C(CCCC[C@@H]1SC[C@@H]2NC(=O)N[C@@H]21)NCCOCCOCCNCCOc1cc([N+](=O)[O-])cc(C2(C(F)(F)F)N=N2)c1. The van der Waals surface area contributed by atoms with Crippen molar-refractivity contribution < 1.29 is 41.9 Å². The molecule has 1 aromatic rings. The predicted octanol–water partition coefficient (Wildman–Crippen LogP) is 2.62. The molecule has 3 heterocycles. The van der Waals surface area contributed by atoms with E-state index in [9.17, 15) is 32.9 Å². The van der Waals surface area contributed by atoms with Gasteiger partial charge >= 0.3 is 17.9 Å². The molecule has 2 fully saturated rings. The summed E-state index contributed by atoms with van der Waals surface area (Å²) in [6, 6.07) is 3.20. The van der Waals surface area contributed by atoms with Crippen LogP contribution in [0.5, 0.6) is 5.75 Å². The molecule has 0 aromatic heterocycles. The van der Waals surface area contributed by atoms with Crippen molar-refractivity contribution in [3.8, 4) is 5.75 Å². The van der Waals surface area contributed by atoms with Gasteiger partial charge < -0.3 is 35.5 Å². The monoisotopic (exact) mass is 647 g/mol. The second kappa shape index (κ2) is 15.7. The number of non-ortho nitro benzene ring substituents is 1. The van der Waals surface area contributed by atoms with E-state index < -0.39 is 28.0 Å². The molecule has 4 rings (SSSR count). The van der Waals surface area contributed by atoms with Crippen LogP contribution in [0.15, 0.2) is 28.4 Å². The van der Waals surface area contributed by atoms with Crippen LogP contribution < -0.4 is 26.0 Å². The van der Waals surface area contributed by atoms with E-state index in [-0.39, 0.29) is 36.4 Å². The summed E-state index contributed by atoms with van der Waals surface area (Å²) >= 11 is 1.87. The number of ether oxygens (including phenoxy) is 3. The average molecular weight is 648 g/mol. The van der Waals surface area contributed by atoms with E-state index in [1.54, 1.807) is 0 Å². The molecule has 4 N–H and O–H groups in total. The highest BCUT2D eigenvalue weighted by atomic mass is 32.2. The zero-order valence-electron chi connectivity index (χ0n) is 23.9. The van der Waals surface area contributed by atoms with Crippen LogP contribution in [-0.4, -0.2) is 98.8 Å². The highest BCUT2D eigenvalue weighted by Crippen LogP contribution is 2.53. The highest BCUT2D eigenvalue weighted by Gasteiger charge is 2.65. The number of nitrogens with one attached hydrogen (secondary N) is 4. The minimum Gasteiger partial charge on any atom is -0.492 e. The van der Waals surface area contributed by atoms with Crippen LogP contribution in [0.1, 0.15) is 31.2 Å². The van der Waals surface area contributed by atoms with Gasteiger partial charge in [0.15, 0.2) is 0 Å². The number of hydrogen-bond donors (Lipinski definition) is 4. The van der Waals surface area contributed by atoms with Gasteiger partial charge in [-0.1, -0.05) is 6.42 Å². The first-order valence-corrected chi connectivity index (χ1v) is 15.4. The van der Waals surface area contributed by atoms with E-state index in [1.807, 2.05) is 11.8 Å². The van der Waals surface area contributed by atoms with Crippen LogP contribution in [0.25, 0.3) is 0 Å². The summed E-state index contributed by atoms with van der Waals surface area (Å²) in [6.45, 7) is 2.73. The number of unbranched alkanes of at least 4 members (excludes halogenated alkanes) is 1. The Labute approximate surface area is 255 Å². The maximum absolute atomic E-state index is 13.3. The first kappa shape index (κ1) is 33.7. The maximum atomic E-state index is 13.3. The van der Waals surface area contributed by atoms with Crippen molar-refractivity contribution in [3.05, 3.63) is 33.9 Å². The third-order valence-electron chi connectivity index (χ3n) is 7.19. The lowest BCUT2D eigenvalue weighted by Gasteiger charge is -2.16. The molecule has 1 aromatic carbocycles. The van der Waals surface area contributed by atoms with Crippen LogP contribution in [0.3, 0.4) is 0 Å². The Morgan fingerprint density at radius 3 is 2.50 bits per heavy atom. The molecule has 0 aliphatic carbocycles. The zero-order chi connectivity index (χ0) is 31.6. The second-order valence-corrected chi connectivity index (χ2v) is 11.7. The molecular formula is C26H36F3N7O7S. The van der Waals surface area contributed by atoms with E-state index in [4.69, 9.17) is 14.2 Å². The molecule has 244 valence electrons. The topological polar surface area (TPSA) is 178 Å².